The predicted molar refractivity (Wildman–Crippen MR) is 159 cm³/mol. The van der Waals surface area contributed by atoms with Gasteiger partial charge in [-0.15, -0.1) is 0 Å². The van der Waals surface area contributed by atoms with E-state index in [1.807, 2.05) is 84.9 Å². The molecule has 40 heavy (non-hydrogen) atoms. The molecule has 0 spiro atoms. The van der Waals surface area contributed by atoms with Gasteiger partial charge in [0.2, 0.25) is 0 Å². The highest BCUT2D eigenvalue weighted by Crippen LogP contribution is 2.62. The first kappa shape index (κ1) is 24.7. The molecule has 0 aliphatic heterocycles. The Hall–Kier alpha value is -4.32. The van der Waals surface area contributed by atoms with Crippen LogP contribution in [0.2, 0.25) is 0 Å². The molecule has 8 rings (SSSR count). The third-order valence-electron chi connectivity index (χ3n) is 8.97. The van der Waals surface area contributed by atoms with Crippen molar-refractivity contribution in [2.45, 2.75) is 38.0 Å². The highest BCUT2D eigenvalue weighted by atomic mass is 16.5. The molecule has 0 unspecified atom stereocenters. The number of hydrogen-bond acceptors (Lipinski definition) is 6. The van der Waals surface area contributed by atoms with Crippen LogP contribution in [0.4, 0.5) is 17.1 Å². The van der Waals surface area contributed by atoms with Crippen LogP contribution in [-0.4, -0.2) is 0 Å². The SMILES string of the molecule is Nc1ccc(Oc2cc(Oc3ccc(N)cc3)c(C3C4CC5CC(C4)CC3C5)c(Oc3ccc(N)cc3)c2)cc1. The van der Waals surface area contributed by atoms with E-state index in [0.717, 1.165) is 40.4 Å². The Labute approximate surface area is 235 Å². The van der Waals surface area contributed by atoms with Crippen molar-refractivity contribution in [2.75, 3.05) is 17.2 Å². The molecular formula is C34H35N3O3. The lowest BCUT2D eigenvalue weighted by Crippen LogP contribution is -2.43. The summed E-state index contributed by atoms with van der Waals surface area (Å²) in [6.07, 6.45) is 6.53. The average molecular weight is 534 g/mol. The van der Waals surface area contributed by atoms with Crippen LogP contribution in [0.3, 0.4) is 0 Å². The Morgan fingerprint density at radius 2 is 0.825 bits per heavy atom. The van der Waals surface area contributed by atoms with Crippen LogP contribution in [0.1, 0.15) is 43.6 Å². The zero-order valence-corrected chi connectivity index (χ0v) is 22.5. The van der Waals surface area contributed by atoms with E-state index in [4.69, 9.17) is 31.4 Å². The molecule has 0 amide bonds. The lowest BCUT2D eigenvalue weighted by Gasteiger charge is -2.54. The molecule has 0 aromatic heterocycles. The van der Waals surface area contributed by atoms with Crippen molar-refractivity contribution in [3.8, 4) is 34.5 Å². The van der Waals surface area contributed by atoms with Gasteiger partial charge in [0.15, 0.2) is 0 Å². The Morgan fingerprint density at radius 3 is 1.23 bits per heavy atom. The molecule has 4 bridgehead atoms. The molecule has 0 radical (unpaired) electrons. The third-order valence-corrected chi connectivity index (χ3v) is 8.97. The fraction of sp³-hybridized carbons (Fsp3) is 0.294. The number of rotatable bonds is 7. The normalized spacial score (nSPS) is 24.6. The molecule has 204 valence electrons. The Morgan fingerprint density at radius 1 is 0.450 bits per heavy atom. The summed E-state index contributed by atoms with van der Waals surface area (Å²) in [5.41, 5.74) is 21.1. The van der Waals surface area contributed by atoms with E-state index in [1.54, 1.807) is 0 Å². The number of nitrogens with two attached hydrogens (primary N) is 3. The molecule has 6 nitrogen and oxygen atoms in total. The average Bonchev–Trinajstić information content (AvgIpc) is 2.93. The largest absolute Gasteiger partial charge is 0.457 e. The summed E-state index contributed by atoms with van der Waals surface area (Å²) >= 11 is 0. The fourth-order valence-electron chi connectivity index (χ4n) is 7.53. The van der Waals surface area contributed by atoms with Crippen LogP contribution in [0.25, 0.3) is 0 Å². The van der Waals surface area contributed by atoms with E-state index in [2.05, 4.69) is 0 Å². The van der Waals surface area contributed by atoms with Gasteiger partial charge >= 0.3 is 0 Å². The lowest BCUT2D eigenvalue weighted by molar-refractivity contribution is -0.00397. The molecule has 4 fully saturated rings. The van der Waals surface area contributed by atoms with Crippen molar-refractivity contribution in [2.24, 2.45) is 23.7 Å². The zero-order chi connectivity index (χ0) is 27.2. The highest BCUT2D eigenvalue weighted by Gasteiger charge is 2.50. The molecule has 0 atom stereocenters. The van der Waals surface area contributed by atoms with Crippen molar-refractivity contribution in [3.63, 3.8) is 0 Å². The van der Waals surface area contributed by atoms with E-state index in [9.17, 15) is 0 Å². The van der Waals surface area contributed by atoms with Gasteiger partial charge in [-0.25, -0.2) is 0 Å². The second-order valence-electron chi connectivity index (χ2n) is 11.8. The first-order valence-electron chi connectivity index (χ1n) is 14.2. The number of hydrogen-bond donors (Lipinski definition) is 3. The van der Waals surface area contributed by atoms with Gasteiger partial charge in [0.25, 0.3) is 0 Å². The minimum absolute atomic E-state index is 0.367. The van der Waals surface area contributed by atoms with Gasteiger partial charge < -0.3 is 31.4 Å². The van der Waals surface area contributed by atoms with Crippen molar-refractivity contribution >= 4 is 17.1 Å². The van der Waals surface area contributed by atoms with Crippen LogP contribution in [0, 0.1) is 23.7 Å². The van der Waals surface area contributed by atoms with Gasteiger partial charge in [-0.3, -0.25) is 0 Å². The first-order valence-corrected chi connectivity index (χ1v) is 14.2. The van der Waals surface area contributed by atoms with Crippen molar-refractivity contribution in [1.29, 1.82) is 0 Å². The molecule has 0 heterocycles. The topological polar surface area (TPSA) is 106 Å². The maximum absolute atomic E-state index is 6.66. The number of anilines is 3. The van der Waals surface area contributed by atoms with Gasteiger partial charge in [-0.1, -0.05) is 0 Å². The summed E-state index contributed by atoms with van der Waals surface area (Å²) in [6, 6.07) is 26.5. The van der Waals surface area contributed by atoms with Gasteiger partial charge in [0, 0.05) is 34.8 Å². The van der Waals surface area contributed by atoms with E-state index >= 15 is 0 Å². The number of ether oxygens (including phenoxy) is 3. The maximum atomic E-state index is 6.66. The summed E-state index contributed by atoms with van der Waals surface area (Å²) in [6.45, 7) is 0. The van der Waals surface area contributed by atoms with Crippen LogP contribution >= 0.6 is 0 Å². The minimum atomic E-state index is 0.367. The van der Waals surface area contributed by atoms with Crippen molar-refractivity contribution in [1.82, 2.24) is 0 Å². The van der Waals surface area contributed by atoms with Crippen molar-refractivity contribution < 1.29 is 14.2 Å². The molecule has 4 aromatic rings. The number of benzene rings is 4. The predicted octanol–water partition coefficient (Wildman–Crippen LogP) is 8.35. The van der Waals surface area contributed by atoms with Crippen LogP contribution < -0.4 is 31.4 Å². The first-order chi connectivity index (χ1) is 19.5. The standard InChI is InChI=1S/C34H35N3O3/c35-24-1-7-27(8-2-24)38-30-18-31(39-28-9-3-25(36)4-10-28)34(32(19-30)40-29-11-5-26(37)6-12-29)33-22-14-20-13-21(16-22)17-23(33)15-20/h1-12,18-23,33H,13-17,35-37H2. The maximum Gasteiger partial charge on any atom is 0.138 e. The molecule has 6 heteroatoms. The monoisotopic (exact) mass is 533 g/mol. The molecule has 4 saturated carbocycles. The second-order valence-corrected chi connectivity index (χ2v) is 11.8. The molecule has 0 saturated heterocycles. The summed E-state index contributed by atoms with van der Waals surface area (Å²) in [4.78, 5) is 0. The van der Waals surface area contributed by atoms with E-state index in [0.29, 0.717) is 46.3 Å². The molecule has 6 N–H and O–H groups in total. The van der Waals surface area contributed by atoms with E-state index < -0.39 is 0 Å². The lowest BCUT2D eigenvalue weighted by atomic mass is 9.50. The van der Waals surface area contributed by atoms with E-state index in [1.165, 1.54) is 32.1 Å². The van der Waals surface area contributed by atoms with Crippen LogP contribution in [0.5, 0.6) is 34.5 Å². The number of nitrogen functional groups attached to an aromatic ring is 3. The van der Waals surface area contributed by atoms with E-state index in [-0.39, 0.29) is 0 Å². The summed E-state index contributed by atoms with van der Waals surface area (Å²) < 4.78 is 19.7. The second kappa shape index (κ2) is 10.0. The minimum Gasteiger partial charge on any atom is -0.457 e. The quantitative estimate of drug-likeness (QED) is 0.206. The van der Waals surface area contributed by atoms with Crippen molar-refractivity contribution in [3.05, 3.63) is 90.5 Å². The van der Waals surface area contributed by atoms with Gasteiger partial charge in [-0.05, 0) is 134 Å². The smallest absolute Gasteiger partial charge is 0.138 e. The molecule has 4 aliphatic carbocycles. The van der Waals surface area contributed by atoms with Gasteiger partial charge in [-0.2, -0.15) is 0 Å². The van der Waals surface area contributed by atoms with Crippen LogP contribution in [0.15, 0.2) is 84.9 Å². The third kappa shape index (κ3) is 4.90. The highest BCUT2D eigenvalue weighted by molar-refractivity contribution is 5.57. The van der Waals surface area contributed by atoms with Gasteiger partial charge in [0.1, 0.15) is 34.5 Å². The molecule has 4 aromatic carbocycles. The van der Waals surface area contributed by atoms with Crippen LogP contribution in [-0.2, 0) is 0 Å². The van der Waals surface area contributed by atoms with Gasteiger partial charge in [0.05, 0.1) is 0 Å². The molecule has 4 aliphatic rings. The Kier molecular flexibility index (Phi) is 6.18. The Balaban J connectivity index is 1.36. The summed E-state index contributed by atoms with van der Waals surface area (Å²) in [5, 5.41) is 0. The fourth-order valence-corrected chi connectivity index (χ4v) is 7.53. The summed E-state index contributed by atoms with van der Waals surface area (Å²) in [5.74, 6) is 7.63. The zero-order valence-electron chi connectivity index (χ0n) is 22.5. The molecular weight excluding hydrogens is 498 g/mol. The Bertz CT molecular complexity index is 1400. The summed E-state index contributed by atoms with van der Waals surface area (Å²) in [7, 11) is 0.